The molecule has 0 fully saturated rings. The SMILES string of the molecule is CCCC1=C(/C(=C/C=C/Cc2ccccc2)CC)CCCC1. The lowest BCUT2D eigenvalue weighted by Gasteiger charge is -2.22. The fourth-order valence-corrected chi connectivity index (χ4v) is 3.37. The first-order valence-corrected chi connectivity index (χ1v) is 8.96. The summed E-state index contributed by atoms with van der Waals surface area (Å²) in [6, 6.07) is 10.7. The van der Waals surface area contributed by atoms with Gasteiger partial charge in [-0.2, -0.15) is 0 Å². The second-order valence-corrected chi connectivity index (χ2v) is 6.20. The van der Waals surface area contributed by atoms with Crippen molar-refractivity contribution in [1.82, 2.24) is 0 Å². The largest absolute Gasteiger partial charge is 0.0801 e. The molecule has 0 nitrogen and oxygen atoms in total. The lowest BCUT2D eigenvalue weighted by atomic mass is 9.84. The normalized spacial score (nSPS) is 16.5. The lowest BCUT2D eigenvalue weighted by molar-refractivity contribution is 0.644. The molecule has 0 N–H and O–H groups in total. The Labute approximate surface area is 136 Å². The van der Waals surface area contributed by atoms with Gasteiger partial charge in [-0.05, 0) is 61.7 Å². The average Bonchev–Trinajstić information content (AvgIpc) is 2.57. The molecule has 0 saturated carbocycles. The molecule has 118 valence electrons. The van der Waals surface area contributed by atoms with Crippen LogP contribution >= 0.6 is 0 Å². The van der Waals surface area contributed by atoms with E-state index in [-0.39, 0.29) is 0 Å². The van der Waals surface area contributed by atoms with Gasteiger partial charge in [-0.3, -0.25) is 0 Å². The molecule has 0 atom stereocenters. The molecular weight excluding hydrogens is 264 g/mol. The fourth-order valence-electron chi connectivity index (χ4n) is 3.37. The van der Waals surface area contributed by atoms with Gasteiger partial charge in [0.15, 0.2) is 0 Å². The summed E-state index contributed by atoms with van der Waals surface area (Å²) < 4.78 is 0. The zero-order valence-corrected chi connectivity index (χ0v) is 14.3. The highest BCUT2D eigenvalue weighted by Crippen LogP contribution is 2.33. The molecular formula is C22H30. The van der Waals surface area contributed by atoms with Crippen LogP contribution in [0.2, 0.25) is 0 Å². The summed E-state index contributed by atoms with van der Waals surface area (Å²) in [6.07, 6.45) is 17.0. The van der Waals surface area contributed by atoms with E-state index in [9.17, 15) is 0 Å². The van der Waals surface area contributed by atoms with E-state index in [1.807, 2.05) is 0 Å². The van der Waals surface area contributed by atoms with E-state index in [0.29, 0.717) is 0 Å². The summed E-state index contributed by atoms with van der Waals surface area (Å²) in [4.78, 5) is 0. The van der Waals surface area contributed by atoms with Crippen LogP contribution in [0.15, 0.2) is 65.3 Å². The maximum atomic E-state index is 2.36. The van der Waals surface area contributed by atoms with Gasteiger partial charge in [0.25, 0.3) is 0 Å². The smallest absolute Gasteiger partial charge is 0.00943 e. The highest BCUT2D eigenvalue weighted by Gasteiger charge is 2.14. The van der Waals surface area contributed by atoms with Crippen molar-refractivity contribution in [3.05, 3.63) is 70.8 Å². The van der Waals surface area contributed by atoms with E-state index in [0.717, 1.165) is 12.8 Å². The standard InChI is InChI=1S/C22H30/c1-3-12-21-17-10-11-18-22(21)20(4-2)16-9-8-15-19-13-6-5-7-14-19/h5-9,13-14,16H,3-4,10-12,15,17-18H2,1-2H3/b9-8+,20-16+. The molecule has 1 aliphatic rings. The monoisotopic (exact) mass is 294 g/mol. The van der Waals surface area contributed by atoms with Crippen LogP contribution in [0, 0.1) is 0 Å². The Balaban J connectivity index is 2.06. The lowest BCUT2D eigenvalue weighted by Crippen LogP contribution is -2.02. The van der Waals surface area contributed by atoms with E-state index in [4.69, 9.17) is 0 Å². The van der Waals surface area contributed by atoms with Crippen molar-refractivity contribution >= 4 is 0 Å². The summed E-state index contributed by atoms with van der Waals surface area (Å²) in [7, 11) is 0. The predicted molar refractivity (Wildman–Crippen MR) is 98.1 cm³/mol. The van der Waals surface area contributed by atoms with Crippen molar-refractivity contribution in [2.45, 2.75) is 65.2 Å². The average molecular weight is 294 g/mol. The van der Waals surface area contributed by atoms with Gasteiger partial charge in [-0.15, -0.1) is 0 Å². The molecule has 0 heterocycles. The third kappa shape index (κ3) is 5.02. The minimum absolute atomic E-state index is 1.02. The van der Waals surface area contributed by atoms with Gasteiger partial charge < -0.3 is 0 Å². The van der Waals surface area contributed by atoms with Gasteiger partial charge in [0.1, 0.15) is 0 Å². The predicted octanol–water partition coefficient (Wildman–Crippen LogP) is 6.79. The Bertz CT molecular complexity index is 528. The minimum atomic E-state index is 1.02. The molecule has 0 heteroatoms. The summed E-state index contributed by atoms with van der Waals surface area (Å²) in [5, 5.41) is 0. The molecule has 0 aromatic heterocycles. The quantitative estimate of drug-likeness (QED) is 0.485. The van der Waals surface area contributed by atoms with Crippen LogP contribution in [0.3, 0.4) is 0 Å². The molecule has 0 bridgehead atoms. The summed E-state index contributed by atoms with van der Waals surface area (Å²) in [5.74, 6) is 0. The van der Waals surface area contributed by atoms with Crippen molar-refractivity contribution in [1.29, 1.82) is 0 Å². The highest BCUT2D eigenvalue weighted by atomic mass is 14.2. The number of rotatable bonds is 7. The second kappa shape index (κ2) is 9.46. The van der Waals surface area contributed by atoms with Crippen molar-refractivity contribution < 1.29 is 0 Å². The first-order valence-electron chi connectivity index (χ1n) is 8.96. The molecule has 0 aliphatic heterocycles. The molecule has 0 spiro atoms. The zero-order valence-electron chi connectivity index (χ0n) is 14.3. The summed E-state index contributed by atoms with van der Waals surface area (Å²) >= 11 is 0. The molecule has 0 amide bonds. The second-order valence-electron chi connectivity index (χ2n) is 6.20. The first-order chi connectivity index (χ1) is 10.8. The Morgan fingerprint density at radius 2 is 1.82 bits per heavy atom. The summed E-state index contributed by atoms with van der Waals surface area (Å²) in [6.45, 7) is 4.59. The van der Waals surface area contributed by atoms with E-state index < -0.39 is 0 Å². The van der Waals surface area contributed by atoms with Crippen molar-refractivity contribution in [2.75, 3.05) is 0 Å². The van der Waals surface area contributed by atoms with Gasteiger partial charge >= 0.3 is 0 Å². The molecule has 0 saturated heterocycles. The van der Waals surface area contributed by atoms with Gasteiger partial charge in [0.2, 0.25) is 0 Å². The maximum Gasteiger partial charge on any atom is -0.00943 e. The summed E-state index contributed by atoms with van der Waals surface area (Å²) in [5.41, 5.74) is 6.36. The molecule has 2 rings (SSSR count). The van der Waals surface area contributed by atoms with Gasteiger partial charge in [0, 0.05) is 0 Å². The van der Waals surface area contributed by atoms with Gasteiger partial charge in [0.05, 0.1) is 0 Å². The van der Waals surface area contributed by atoms with Gasteiger partial charge in [-0.25, -0.2) is 0 Å². The van der Waals surface area contributed by atoms with Crippen LogP contribution in [-0.2, 0) is 6.42 Å². The number of allylic oxidation sites excluding steroid dienone is 6. The molecule has 1 aromatic carbocycles. The molecule has 1 aliphatic carbocycles. The van der Waals surface area contributed by atoms with Crippen molar-refractivity contribution in [2.24, 2.45) is 0 Å². The van der Waals surface area contributed by atoms with E-state index >= 15 is 0 Å². The molecule has 0 radical (unpaired) electrons. The third-order valence-electron chi connectivity index (χ3n) is 4.53. The highest BCUT2D eigenvalue weighted by molar-refractivity contribution is 5.38. The number of benzene rings is 1. The van der Waals surface area contributed by atoms with E-state index in [1.165, 1.54) is 44.1 Å². The topological polar surface area (TPSA) is 0 Å². The zero-order chi connectivity index (χ0) is 15.6. The maximum absolute atomic E-state index is 2.36. The molecule has 0 unspecified atom stereocenters. The van der Waals surface area contributed by atoms with Crippen molar-refractivity contribution in [3.63, 3.8) is 0 Å². The first kappa shape index (κ1) is 16.8. The van der Waals surface area contributed by atoms with Crippen molar-refractivity contribution in [3.8, 4) is 0 Å². The van der Waals surface area contributed by atoms with Crippen LogP contribution in [0.1, 0.15) is 64.4 Å². The number of hydrogen-bond donors (Lipinski definition) is 0. The third-order valence-corrected chi connectivity index (χ3v) is 4.53. The van der Waals surface area contributed by atoms with Crippen LogP contribution in [-0.4, -0.2) is 0 Å². The molecule has 22 heavy (non-hydrogen) atoms. The fraction of sp³-hybridized carbons (Fsp3) is 0.455. The van der Waals surface area contributed by atoms with E-state index in [2.05, 4.69) is 62.4 Å². The van der Waals surface area contributed by atoms with Crippen LogP contribution in [0.25, 0.3) is 0 Å². The van der Waals surface area contributed by atoms with Crippen LogP contribution < -0.4 is 0 Å². The van der Waals surface area contributed by atoms with Crippen LogP contribution in [0.5, 0.6) is 0 Å². The number of hydrogen-bond acceptors (Lipinski definition) is 0. The Kier molecular flexibility index (Phi) is 7.22. The minimum Gasteiger partial charge on any atom is -0.0801 e. The van der Waals surface area contributed by atoms with Gasteiger partial charge in [-0.1, -0.05) is 74.4 Å². The van der Waals surface area contributed by atoms with Crippen LogP contribution in [0.4, 0.5) is 0 Å². The Hall–Kier alpha value is -1.56. The molecule has 1 aromatic rings. The van der Waals surface area contributed by atoms with E-state index in [1.54, 1.807) is 16.7 Å². The Morgan fingerprint density at radius 1 is 1.05 bits per heavy atom. The Morgan fingerprint density at radius 3 is 2.55 bits per heavy atom.